The van der Waals surface area contributed by atoms with Gasteiger partial charge in [-0.1, -0.05) is 0 Å². The predicted octanol–water partition coefficient (Wildman–Crippen LogP) is 1.11. The van der Waals surface area contributed by atoms with Crippen LogP contribution in [0.25, 0.3) is 0 Å². The number of carbonyl (C=O) groups is 1. The summed E-state index contributed by atoms with van der Waals surface area (Å²) in [4.78, 5) is 13.7. The summed E-state index contributed by atoms with van der Waals surface area (Å²) in [5.74, 6) is -0.0620. The molecule has 1 aromatic heterocycles. The molecule has 0 saturated carbocycles. The lowest BCUT2D eigenvalue weighted by molar-refractivity contribution is 0.0767. The standard InChI is InChI=1S/C11H18N4OS/c1-4-12-11(17)15-8-7-9(13-15)10(16)14(5-2)6-3/h7-8H,4-6H2,1-3H3,(H,12,17). The van der Waals surface area contributed by atoms with Gasteiger partial charge in [-0.15, -0.1) is 0 Å². The fourth-order valence-corrected chi connectivity index (χ4v) is 1.70. The second-order valence-corrected chi connectivity index (χ2v) is 3.85. The highest BCUT2D eigenvalue weighted by Crippen LogP contribution is 2.02. The summed E-state index contributed by atoms with van der Waals surface area (Å²) in [5, 5.41) is 7.65. The minimum absolute atomic E-state index is 0.0620. The smallest absolute Gasteiger partial charge is 0.274 e. The van der Waals surface area contributed by atoms with E-state index in [2.05, 4.69) is 10.4 Å². The summed E-state index contributed by atoms with van der Waals surface area (Å²) in [7, 11) is 0. The third-order valence-corrected chi connectivity index (χ3v) is 2.73. The van der Waals surface area contributed by atoms with Gasteiger partial charge >= 0.3 is 0 Å². The van der Waals surface area contributed by atoms with Crippen molar-refractivity contribution in [1.29, 1.82) is 0 Å². The van der Waals surface area contributed by atoms with Crippen LogP contribution in [0.5, 0.6) is 0 Å². The van der Waals surface area contributed by atoms with E-state index >= 15 is 0 Å². The number of carbonyl (C=O) groups excluding carboxylic acids is 1. The van der Waals surface area contributed by atoms with Crippen molar-refractivity contribution >= 4 is 23.2 Å². The van der Waals surface area contributed by atoms with Crippen molar-refractivity contribution in [3.63, 3.8) is 0 Å². The summed E-state index contributed by atoms with van der Waals surface area (Å²) in [6.07, 6.45) is 1.70. The van der Waals surface area contributed by atoms with Crippen LogP contribution < -0.4 is 5.32 Å². The quantitative estimate of drug-likeness (QED) is 0.818. The van der Waals surface area contributed by atoms with Crippen LogP contribution in [0, 0.1) is 0 Å². The van der Waals surface area contributed by atoms with Gasteiger partial charge < -0.3 is 10.2 Å². The first-order chi connectivity index (χ1) is 8.13. The SMILES string of the molecule is CCNC(=S)n1ccc(C(=O)N(CC)CC)n1. The van der Waals surface area contributed by atoms with Crippen molar-refractivity contribution in [2.75, 3.05) is 19.6 Å². The van der Waals surface area contributed by atoms with Crippen molar-refractivity contribution in [3.05, 3.63) is 18.0 Å². The number of rotatable bonds is 4. The lowest BCUT2D eigenvalue weighted by Gasteiger charge is -2.16. The number of hydrogen-bond acceptors (Lipinski definition) is 3. The Balaban J connectivity index is 2.80. The number of aromatic nitrogens is 2. The maximum atomic E-state index is 12.0. The van der Waals surface area contributed by atoms with E-state index in [1.54, 1.807) is 17.2 Å². The zero-order valence-corrected chi connectivity index (χ0v) is 11.3. The Hall–Kier alpha value is -1.43. The van der Waals surface area contributed by atoms with E-state index in [-0.39, 0.29) is 5.91 Å². The van der Waals surface area contributed by atoms with E-state index in [4.69, 9.17) is 12.2 Å². The summed E-state index contributed by atoms with van der Waals surface area (Å²) in [6, 6.07) is 1.68. The Morgan fingerprint density at radius 2 is 2.12 bits per heavy atom. The van der Waals surface area contributed by atoms with Crippen molar-refractivity contribution in [1.82, 2.24) is 20.0 Å². The summed E-state index contributed by atoms with van der Waals surface area (Å²) < 4.78 is 1.51. The third-order valence-electron chi connectivity index (χ3n) is 2.39. The molecule has 0 aliphatic rings. The molecule has 17 heavy (non-hydrogen) atoms. The molecule has 0 fully saturated rings. The number of amides is 1. The van der Waals surface area contributed by atoms with Crippen molar-refractivity contribution in [2.24, 2.45) is 0 Å². The minimum atomic E-state index is -0.0620. The number of nitrogens with zero attached hydrogens (tertiary/aromatic N) is 3. The molecule has 6 heteroatoms. The lowest BCUT2D eigenvalue weighted by atomic mass is 10.3. The Bertz CT molecular complexity index is 398. The average Bonchev–Trinajstić information content (AvgIpc) is 2.80. The molecule has 0 aliphatic heterocycles. The molecule has 0 atom stereocenters. The van der Waals surface area contributed by atoms with Crippen LogP contribution in [0.3, 0.4) is 0 Å². The van der Waals surface area contributed by atoms with E-state index < -0.39 is 0 Å². The molecule has 0 spiro atoms. The maximum Gasteiger partial charge on any atom is 0.274 e. The van der Waals surface area contributed by atoms with E-state index in [1.807, 2.05) is 20.8 Å². The monoisotopic (exact) mass is 254 g/mol. The Morgan fingerprint density at radius 1 is 1.47 bits per heavy atom. The number of nitrogens with one attached hydrogen (secondary N) is 1. The van der Waals surface area contributed by atoms with E-state index in [0.717, 1.165) is 6.54 Å². The molecule has 1 N–H and O–H groups in total. The highest BCUT2D eigenvalue weighted by molar-refractivity contribution is 7.80. The molecular formula is C11H18N4OS. The molecule has 0 aliphatic carbocycles. The van der Waals surface area contributed by atoms with E-state index in [0.29, 0.717) is 23.9 Å². The summed E-state index contributed by atoms with van der Waals surface area (Å²) >= 11 is 5.11. The highest BCUT2D eigenvalue weighted by Gasteiger charge is 2.15. The first kappa shape index (κ1) is 13.6. The Morgan fingerprint density at radius 3 is 2.65 bits per heavy atom. The second-order valence-electron chi connectivity index (χ2n) is 3.46. The predicted molar refractivity (Wildman–Crippen MR) is 71.2 cm³/mol. The van der Waals surface area contributed by atoms with Gasteiger partial charge in [0.1, 0.15) is 0 Å². The fourth-order valence-electron chi connectivity index (χ4n) is 1.46. The number of hydrogen-bond donors (Lipinski definition) is 1. The van der Waals surface area contributed by atoms with E-state index in [9.17, 15) is 4.79 Å². The van der Waals surface area contributed by atoms with Crippen molar-refractivity contribution < 1.29 is 4.79 Å². The molecule has 5 nitrogen and oxygen atoms in total. The van der Waals surface area contributed by atoms with Crippen molar-refractivity contribution in [3.8, 4) is 0 Å². The molecule has 0 aromatic carbocycles. The molecule has 0 saturated heterocycles. The Kier molecular flexibility index (Phi) is 5.09. The Labute approximate surface area is 107 Å². The van der Waals surface area contributed by atoms with Gasteiger partial charge in [-0.3, -0.25) is 4.79 Å². The maximum absolute atomic E-state index is 12.0. The summed E-state index contributed by atoms with van der Waals surface area (Å²) in [6.45, 7) is 7.94. The molecule has 1 heterocycles. The van der Waals surface area contributed by atoms with Gasteiger partial charge in [-0.05, 0) is 39.1 Å². The van der Waals surface area contributed by atoms with Gasteiger partial charge in [0.05, 0.1) is 0 Å². The zero-order valence-electron chi connectivity index (χ0n) is 10.4. The average molecular weight is 254 g/mol. The van der Waals surface area contributed by atoms with Crippen LogP contribution >= 0.6 is 12.2 Å². The normalized spacial score (nSPS) is 10.1. The van der Waals surface area contributed by atoms with Crippen LogP contribution in [0.1, 0.15) is 31.3 Å². The first-order valence-corrected chi connectivity index (χ1v) is 6.17. The second kappa shape index (κ2) is 6.34. The molecule has 94 valence electrons. The molecule has 0 radical (unpaired) electrons. The molecule has 0 bridgehead atoms. The first-order valence-electron chi connectivity index (χ1n) is 5.77. The highest BCUT2D eigenvalue weighted by atomic mass is 32.1. The van der Waals surface area contributed by atoms with Crippen LogP contribution in [-0.4, -0.2) is 45.3 Å². The van der Waals surface area contributed by atoms with Crippen molar-refractivity contribution in [2.45, 2.75) is 20.8 Å². The van der Waals surface area contributed by atoms with Gasteiger partial charge in [0.2, 0.25) is 0 Å². The van der Waals surface area contributed by atoms with Crippen LogP contribution in [0.2, 0.25) is 0 Å². The number of thiocarbonyl (C=S) groups is 1. The molecule has 1 rings (SSSR count). The lowest BCUT2D eigenvalue weighted by Crippen LogP contribution is -2.32. The van der Waals surface area contributed by atoms with Gasteiger partial charge in [-0.25, -0.2) is 4.68 Å². The summed E-state index contributed by atoms with van der Waals surface area (Å²) in [5.41, 5.74) is 0.425. The minimum Gasteiger partial charge on any atom is -0.361 e. The molecule has 0 unspecified atom stereocenters. The largest absolute Gasteiger partial charge is 0.361 e. The molecule has 1 amide bonds. The van der Waals surface area contributed by atoms with Gasteiger partial charge in [0.15, 0.2) is 10.8 Å². The van der Waals surface area contributed by atoms with Gasteiger partial charge in [0.25, 0.3) is 5.91 Å². The van der Waals surface area contributed by atoms with Crippen LogP contribution in [0.4, 0.5) is 0 Å². The topological polar surface area (TPSA) is 50.2 Å². The van der Waals surface area contributed by atoms with Crippen LogP contribution in [-0.2, 0) is 0 Å². The van der Waals surface area contributed by atoms with Gasteiger partial charge in [-0.2, -0.15) is 5.10 Å². The fraction of sp³-hybridized carbons (Fsp3) is 0.545. The zero-order chi connectivity index (χ0) is 12.8. The van der Waals surface area contributed by atoms with E-state index in [1.165, 1.54) is 4.68 Å². The van der Waals surface area contributed by atoms with Gasteiger partial charge in [0, 0.05) is 25.8 Å². The molecular weight excluding hydrogens is 236 g/mol. The third kappa shape index (κ3) is 3.26. The van der Waals surface area contributed by atoms with Crippen LogP contribution in [0.15, 0.2) is 12.3 Å². The molecule has 1 aromatic rings.